The molecule has 10 nitrogen and oxygen atoms in total. The number of thiol groups is 2. The van der Waals surface area contributed by atoms with E-state index in [0.29, 0.717) is 12.2 Å². The molecule has 0 saturated heterocycles. The predicted molar refractivity (Wildman–Crippen MR) is 156 cm³/mol. The van der Waals surface area contributed by atoms with Gasteiger partial charge in [-0.05, 0) is 23.7 Å². The summed E-state index contributed by atoms with van der Waals surface area (Å²) in [4.78, 5) is 50.5. The van der Waals surface area contributed by atoms with Gasteiger partial charge in [-0.2, -0.15) is 25.3 Å². The van der Waals surface area contributed by atoms with Crippen molar-refractivity contribution in [1.29, 1.82) is 0 Å². The van der Waals surface area contributed by atoms with Crippen molar-refractivity contribution in [3.63, 3.8) is 0 Å². The van der Waals surface area contributed by atoms with Crippen molar-refractivity contribution in [3.05, 3.63) is 48.0 Å². The van der Waals surface area contributed by atoms with E-state index in [1.807, 2.05) is 6.07 Å². The number of ether oxygens (including phenoxy) is 1. The van der Waals surface area contributed by atoms with Crippen LogP contribution in [0.25, 0.3) is 0 Å². The number of carbonyl (C=O) groups is 4. The second kappa shape index (κ2) is 18.7. The Balaban J connectivity index is 2.97. The molecule has 0 spiro atoms. The Morgan fingerprint density at radius 3 is 2.15 bits per heavy atom. The molecule has 1 rings (SSSR count). The Hall–Kier alpha value is -2.54. The molecule has 0 aliphatic rings. The number of carbonyl (C=O) groups excluding carboxylic acids is 4. The molecule has 0 radical (unpaired) electrons. The summed E-state index contributed by atoms with van der Waals surface area (Å²) in [6.07, 6.45) is 1.25. The molecule has 1 aromatic carbocycles. The van der Waals surface area contributed by atoms with Crippen LogP contribution < -0.4 is 16.0 Å². The standard InChI is InChI=1S/C27H41N3O7S2/c1-17(2)25(22(32)15-24(34)37-3)30-27(36)21(16-39)29-26(35)20(13-18-9-5-4-6-10-18)28-23(33)14-19(31)11-7-8-12-38/h4-7,9-11,17,19-22,25,31-32,38-39H,8,12-16H2,1-3H3,(H,28,33)(H,29,35)(H,30,36)/b11-7+/t19-,20-,21-,22+,25-/m1/s1. The summed E-state index contributed by atoms with van der Waals surface area (Å²) in [7, 11) is 1.20. The highest BCUT2D eigenvalue weighted by atomic mass is 32.1. The smallest absolute Gasteiger partial charge is 0.308 e. The summed E-state index contributed by atoms with van der Waals surface area (Å²) in [5.41, 5.74) is 0.782. The van der Waals surface area contributed by atoms with Gasteiger partial charge in [-0.25, -0.2) is 0 Å². The Labute approximate surface area is 241 Å². The zero-order chi connectivity index (χ0) is 29.4. The van der Waals surface area contributed by atoms with Gasteiger partial charge in [0.05, 0.1) is 38.2 Å². The molecule has 0 aliphatic heterocycles. The van der Waals surface area contributed by atoms with Crippen molar-refractivity contribution in [2.45, 2.75) is 69.9 Å². The fraction of sp³-hybridized carbons (Fsp3) is 0.556. The zero-order valence-electron chi connectivity index (χ0n) is 22.6. The molecular weight excluding hydrogens is 542 g/mol. The quantitative estimate of drug-likeness (QED) is 0.0814. The van der Waals surface area contributed by atoms with Crippen LogP contribution in [0, 0.1) is 5.92 Å². The van der Waals surface area contributed by atoms with E-state index >= 15 is 0 Å². The van der Waals surface area contributed by atoms with Gasteiger partial charge in [-0.1, -0.05) is 56.3 Å². The van der Waals surface area contributed by atoms with Crippen molar-refractivity contribution < 1.29 is 34.1 Å². The first-order valence-corrected chi connectivity index (χ1v) is 14.0. The minimum Gasteiger partial charge on any atom is -0.469 e. The fourth-order valence-electron chi connectivity index (χ4n) is 3.72. The Bertz CT molecular complexity index is 947. The lowest BCUT2D eigenvalue weighted by Crippen LogP contribution is -2.58. The van der Waals surface area contributed by atoms with E-state index in [-0.39, 0.29) is 30.9 Å². The van der Waals surface area contributed by atoms with E-state index in [9.17, 15) is 29.4 Å². The van der Waals surface area contributed by atoms with Crippen LogP contribution in [-0.2, 0) is 30.3 Å². The number of benzene rings is 1. The second-order valence-corrected chi connectivity index (χ2v) is 10.2. The summed E-state index contributed by atoms with van der Waals surface area (Å²) in [6, 6.07) is 6.14. The Morgan fingerprint density at radius 2 is 1.59 bits per heavy atom. The SMILES string of the molecule is COC(=O)C[C@H](O)[C@H](NC(=O)[C@@H](CS)NC(=O)[C@@H](Cc1ccccc1)NC(=O)C[C@H](O)/C=C/CCS)C(C)C. The third-order valence-electron chi connectivity index (χ3n) is 5.84. The molecular formula is C27H41N3O7S2. The van der Waals surface area contributed by atoms with E-state index in [1.54, 1.807) is 44.2 Å². The Morgan fingerprint density at radius 1 is 0.949 bits per heavy atom. The van der Waals surface area contributed by atoms with Crippen LogP contribution >= 0.6 is 25.3 Å². The molecule has 218 valence electrons. The van der Waals surface area contributed by atoms with Gasteiger partial charge in [0.2, 0.25) is 17.7 Å². The normalized spacial score (nSPS) is 15.2. The maximum atomic E-state index is 13.3. The van der Waals surface area contributed by atoms with Crippen LogP contribution in [-0.4, -0.2) is 82.9 Å². The van der Waals surface area contributed by atoms with Gasteiger partial charge < -0.3 is 30.9 Å². The van der Waals surface area contributed by atoms with Gasteiger partial charge >= 0.3 is 5.97 Å². The molecule has 12 heteroatoms. The first kappa shape index (κ1) is 34.5. The number of hydrogen-bond donors (Lipinski definition) is 7. The molecule has 0 unspecified atom stereocenters. The summed E-state index contributed by atoms with van der Waals surface area (Å²) in [5, 5.41) is 28.5. The molecule has 3 amide bonds. The minimum absolute atomic E-state index is 0.0594. The minimum atomic E-state index is -1.20. The number of aliphatic hydroxyl groups excluding tert-OH is 2. The summed E-state index contributed by atoms with van der Waals surface area (Å²) >= 11 is 8.29. The highest BCUT2D eigenvalue weighted by Gasteiger charge is 2.31. The summed E-state index contributed by atoms with van der Waals surface area (Å²) in [6.45, 7) is 3.54. The number of esters is 1. The molecule has 0 heterocycles. The van der Waals surface area contributed by atoms with Crippen LogP contribution in [0.5, 0.6) is 0 Å². The zero-order valence-corrected chi connectivity index (χ0v) is 24.4. The molecule has 0 aromatic heterocycles. The molecule has 0 aliphatic carbocycles. The van der Waals surface area contributed by atoms with E-state index in [0.717, 1.165) is 5.56 Å². The molecule has 5 N–H and O–H groups in total. The van der Waals surface area contributed by atoms with Gasteiger partial charge in [0.25, 0.3) is 0 Å². The van der Waals surface area contributed by atoms with Gasteiger partial charge in [0, 0.05) is 12.2 Å². The average molecular weight is 584 g/mol. The van der Waals surface area contributed by atoms with E-state index in [1.165, 1.54) is 13.2 Å². The largest absolute Gasteiger partial charge is 0.469 e. The van der Waals surface area contributed by atoms with Crippen molar-refractivity contribution in [1.82, 2.24) is 16.0 Å². The molecule has 0 fully saturated rings. The lowest BCUT2D eigenvalue weighted by Gasteiger charge is -2.29. The number of rotatable bonds is 17. The topological polar surface area (TPSA) is 154 Å². The fourth-order valence-corrected chi connectivity index (χ4v) is 4.12. The molecule has 5 atom stereocenters. The van der Waals surface area contributed by atoms with Crippen LogP contribution in [0.1, 0.15) is 38.7 Å². The van der Waals surface area contributed by atoms with Crippen LogP contribution in [0.3, 0.4) is 0 Å². The van der Waals surface area contributed by atoms with E-state index in [2.05, 4.69) is 45.9 Å². The number of nitrogens with one attached hydrogen (secondary N) is 3. The number of hydrogen-bond acceptors (Lipinski definition) is 9. The van der Waals surface area contributed by atoms with Gasteiger partial charge in [-0.3, -0.25) is 19.2 Å². The maximum Gasteiger partial charge on any atom is 0.308 e. The van der Waals surface area contributed by atoms with Crippen LogP contribution in [0.15, 0.2) is 42.5 Å². The average Bonchev–Trinajstić information content (AvgIpc) is 2.89. The van der Waals surface area contributed by atoms with Crippen molar-refractivity contribution in [2.24, 2.45) is 5.92 Å². The highest BCUT2D eigenvalue weighted by molar-refractivity contribution is 7.80. The molecule has 39 heavy (non-hydrogen) atoms. The second-order valence-electron chi connectivity index (χ2n) is 9.39. The molecule has 1 aromatic rings. The predicted octanol–water partition coefficient (Wildman–Crippen LogP) is 0.820. The summed E-state index contributed by atoms with van der Waals surface area (Å²) < 4.78 is 4.59. The maximum absolute atomic E-state index is 13.3. The van der Waals surface area contributed by atoms with Crippen molar-refractivity contribution in [3.8, 4) is 0 Å². The lowest BCUT2D eigenvalue weighted by molar-refractivity contribution is -0.144. The van der Waals surface area contributed by atoms with Crippen LogP contribution in [0.2, 0.25) is 0 Å². The first-order valence-electron chi connectivity index (χ1n) is 12.8. The van der Waals surface area contributed by atoms with Gasteiger partial charge in [-0.15, -0.1) is 0 Å². The first-order chi connectivity index (χ1) is 18.5. The number of amides is 3. The third kappa shape index (κ3) is 13.4. The summed E-state index contributed by atoms with van der Waals surface area (Å²) in [5.74, 6) is -2.06. The lowest BCUT2D eigenvalue weighted by atomic mass is 9.96. The monoisotopic (exact) mass is 583 g/mol. The highest BCUT2D eigenvalue weighted by Crippen LogP contribution is 2.12. The van der Waals surface area contributed by atoms with Gasteiger partial charge in [0.15, 0.2) is 0 Å². The van der Waals surface area contributed by atoms with E-state index in [4.69, 9.17) is 0 Å². The number of aliphatic hydroxyl groups is 2. The van der Waals surface area contributed by atoms with Crippen molar-refractivity contribution in [2.75, 3.05) is 18.6 Å². The van der Waals surface area contributed by atoms with E-state index < -0.39 is 54.0 Å². The molecule has 0 saturated carbocycles. The Kier molecular flexibility index (Phi) is 16.5. The van der Waals surface area contributed by atoms with Crippen LogP contribution in [0.4, 0.5) is 0 Å². The van der Waals surface area contributed by atoms with Gasteiger partial charge in [0.1, 0.15) is 12.1 Å². The number of allylic oxidation sites excluding steroid dienone is 1. The van der Waals surface area contributed by atoms with Crippen molar-refractivity contribution >= 4 is 48.9 Å². The number of methoxy groups -OCH3 is 1. The molecule has 0 bridgehead atoms. The third-order valence-corrected chi connectivity index (χ3v) is 6.47.